The summed E-state index contributed by atoms with van der Waals surface area (Å²) in [5.74, 6) is 0. The third-order valence-corrected chi connectivity index (χ3v) is 1.75. The fourth-order valence-electron chi connectivity index (χ4n) is 1.06. The minimum Gasteiger partial charge on any atom is -0.382 e. The molecule has 0 aromatic rings. The topological polar surface area (TPSA) is 32.6 Å². The highest BCUT2D eigenvalue weighted by Gasteiger charge is 2.27. The van der Waals surface area contributed by atoms with E-state index < -0.39 is 0 Å². The first-order valence-corrected chi connectivity index (χ1v) is 3.93. The normalized spacial score (nSPS) is 30.3. The number of methoxy groups -OCH3 is 1. The van der Waals surface area contributed by atoms with Crippen LogP contribution in [0.4, 0.5) is 0 Å². The maximum atomic E-state index is 5.51. The molecule has 1 radical (unpaired) electrons. The first kappa shape index (κ1) is 8.97. The molecule has 1 rings (SSSR count). The lowest BCUT2D eigenvalue weighted by Gasteiger charge is -2.33. The molecule has 3 nitrogen and oxygen atoms in total. The number of nitrogens with zero attached hydrogens (tertiary/aromatic N) is 1. The second kappa shape index (κ2) is 3.52. The molecule has 1 heterocycles. The fraction of sp³-hybridized carbons (Fsp3) is 1.00. The Bertz CT molecular complexity index is 115. The quantitative estimate of drug-likeness (QED) is 0.583. The molecular formula is C8H16NO2. The fourth-order valence-corrected chi connectivity index (χ4v) is 1.06. The van der Waals surface area contributed by atoms with Crippen molar-refractivity contribution in [2.24, 2.45) is 0 Å². The Kier molecular flexibility index (Phi) is 2.87. The van der Waals surface area contributed by atoms with Crippen LogP contribution in [-0.2, 0) is 9.47 Å². The van der Waals surface area contributed by atoms with Gasteiger partial charge in [0.05, 0.1) is 24.9 Å². The van der Waals surface area contributed by atoms with Gasteiger partial charge in [-0.1, -0.05) is 0 Å². The van der Waals surface area contributed by atoms with Crippen LogP contribution in [0.1, 0.15) is 13.8 Å². The summed E-state index contributed by atoms with van der Waals surface area (Å²) in [5, 5.41) is 4.46. The van der Waals surface area contributed by atoms with Gasteiger partial charge >= 0.3 is 0 Å². The smallest absolute Gasteiger partial charge is 0.0950 e. The Morgan fingerprint density at radius 3 is 2.82 bits per heavy atom. The van der Waals surface area contributed by atoms with Gasteiger partial charge in [0.2, 0.25) is 0 Å². The molecule has 11 heavy (non-hydrogen) atoms. The molecule has 0 N–H and O–H groups in total. The molecule has 0 amide bonds. The number of hydrogen-bond acceptors (Lipinski definition) is 2. The lowest BCUT2D eigenvalue weighted by molar-refractivity contribution is -0.0563. The van der Waals surface area contributed by atoms with Crippen molar-refractivity contribution in [3.8, 4) is 0 Å². The molecule has 0 aromatic heterocycles. The zero-order chi connectivity index (χ0) is 8.32. The molecule has 0 aromatic carbocycles. The molecule has 1 aliphatic heterocycles. The van der Waals surface area contributed by atoms with Gasteiger partial charge in [-0.25, -0.2) is 5.32 Å². The minimum absolute atomic E-state index is 0.00421. The number of rotatable bonds is 2. The van der Waals surface area contributed by atoms with Crippen LogP contribution in [-0.4, -0.2) is 38.5 Å². The Balaban J connectivity index is 2.25. The Hall–Kier alpha value is -0.120. The molecular weight excluding hydrogens is 142 g/mol. The van der Waals surface area contributed by atoms with E-state index in [0.29, 0.717) is 13.2 Å². The zero-order valence-electron chi connectivity index (χ0n) is 7.46. The predicted octanol–water partition coefficient (Wildman–Crippen LogP) is 0.415. The molecule has 0 saturated carbocycles. The summed E-state index contributed by atoms with van der Waals surface area (Å²) in [6.07, 6.45) is 0.174. The molecule has 1 fully saturated rings. The summed E-state index contributed by atoms with van der Waals surface area (Å²) in [7, 11) is 1.68. The van der Waals surface area contributed by atoms with Gasteiger partial charge < -0.3 is 9.47 Å². The average Bonchev–Trinajstić information content (AvgIpc) is 1.94. The second-order valence-electron chi connectivity index (χ2n) is 3.54. The minimum atomic E-state index is 0.00421. The van der Waals surface area contributed by atoms with E-state index in [0.717, 1.165) is 6.54 Å². The van der Waals surface area contributed by atoms with Crippen molar-refractivity contribution in [2.75, 3.05) is 26.9 Å². The third kappa shape index (κ3) is 2.77. The van der Waals surface area contributed by atoms with Gasteiger partial charge in [-0.05, 0) is 13.8 Å². The van der Waals surface area contributed by atoms with E-state index >= 15 is 0 Å². The van der Waals surface area contributed by atoms with Crippen molar-refractivity contribution in [1.29, 1.82) is 0 Å². The summed E-state index contributed by atoms with van der Waals surface area (Å²) in [4.78, 5) is 0. The van der Waals surface area contributed by atoms with Crippen LogP contribution >= 0.6 is 0 Å². The number of hydrogen-bond donors (Lipinski definition) is 0. The van der Waals surface area contributed by atoms with E-state index in [1.807, 2.05) is 0 Å². The monoisotopic (exact) mass is 158 g/mol. The summed E-state index contributed by atoms with van der Waals surface area (Å²) in [5.41, 5.74) is 0.00421. The molecule has 1 aliphatic rings. The van der Waals surface area contributed by atoms with Crippen LogP contribution in [0.5, 0.6) is 0 Å². The van der Waals surface area contributed by atoms with E-state index in [4.69, 9.17) is 9.47 Å². The van der Waals surface area contributed by atoms with Crippen LogP contribution in [0.2, 0.25) is 0 Å². The van der Waals surface area contributed by atoms with Crippen LogP contribution in [0.15, 0.2) is 0 Å². The van der Waals surface area contributed by atoms with E-state index in [1.165, 1.54) is 0 Å². The van der Waals surface area contributed by atoms with Gasteiger partial charge in [0.1, 0.15) is 0 Å². The largest absolute Gasteiger partial charge is 0.382 e. The molecule has 65 valence electrons. The van der Waals surface area contributed by atoms with Crippen LogP contribution in [0.3, 0.4) is 0 Å². The molecule has 3 heteroatoms. The lowest BCUT2D eigenvalue weighted by atomic mass is 10.1. The standard InChI is InChI=1S/C8H16NO2/c1-8(2)6-11-7(4-9-8)5-10-3/h7H,4-6H2,1-3H3. The van der Waals surface area contributed by atoms with Crippen molar-refractivity contribution in [2.45, 2.75) is 25.5 Å². The lowest BCUT2D eigenvalue weighted by Crippen LogP contribution is -2.49. The average molecular weight is 158 g/mol. The van der Waals surface area contributed by atoms with Crippen molar-refractivity contribution < 1.29 is 9.47 Å². The van der Waals surface area contributed by atoms with Gasteiger partial charge in [0.25, 0.3) is 0 Å². The predicted molar refractivity (Wildman–Crippen MR) is 42.7 cm³/mol. The molecule has 1 atom stereocenters. The Morgan fingerprint density at radius 1 is 1.64 bits per heavy atom. The van der Waals surface area contributed by atoms with Crippen molar-refractivity contribution in [3.63, 3.8) is 0 Å². The van der Waals surface area contributed by atoms with Crippen LogP contribution in [0.25, 0.3) is 0 Å². The first-order chi connectivity index (χ1) is 5.14. The number of ether oxygens (including phenoxy) is 2. The zero-order valence-corrected chi connectivity index (χ0v) is 7.46. The maximum Gasteiger partial charge on any atom is 0.0950 e. The van der Waals surface area contributed by atoms with Crippen molar-refractivity contribution in [3.05, 3.63) is 0 Å². The molecule has 0 spiro atoms. The molecule has 0 aliphatic carbocycles. The van der Waals surface area contributed by atoms with Crippen molar-refractivity contribution in [1.82, 2.24) is 5.32 Å². The van der Waals surface area contributed by atoms with E-state index in [1.54, 1.807) is 7.11 Å². The van der Waals surface area contributed by atoms with Crippen molar-refractivity contribution >= 4 is 0 Å². The summed E-state index contributed by atoms with van der Waals surface area (Å²) >= 11 is 0. The van der Waals surface area contributed by atoms with Gasteiger partial charge in [-0.3, -0.25) is 0 Å². The Morgan fingerprint density at radius 2 is 2.36 bits per heavy atom. The van der Waals surface area contributed by atoms with E-state index in [2.05, 4.69) is 19.2 Å². The first-order valence-electron chi connectivity index (χ1n) is 3.93. The van der Waals surface area contributed by atoms with E-state index in [-0.39, 0.29) is 11.6 Å². The summed E-state index contributed by atoms with van der Waals surface area (Å²) in [6, 6.07) is 0. The number of morpholine rings is 1. The highest BCUT2D eigenvalue weighted by molar-refractivity contribution is 4.83. The summed E-state index contributed by atoms with van der Waals surface area (Å²) < 4.78 is 10.5. The molecule has 0 bridgehead atoms. The van der Waals surface area contributed by atoms with E-state index in [9.17, 15) is 0 Å². The maximum absolute atomic E-state index is 5.51. The highest BCUT2D eigenvalue weighted by atomic mass is 16.5. The SMILES string of the molecule is COCC1C[N]C(C)(C)CO1. The third-order valence-electron chi connectivity index (χ3n) is 1.75. The van der Waals surface area contributed by atoms with Gasteiger partial charge in [0.15, 0.2) is 0 Å². The van der Waals surface area contributed by atoms with Gasteiger partial charge in [-0.2, -0.15) is 0 Å². The Labute approximate surface area is 68.1 Å². The van der Waals surface area contributed by atoms with Gasteiger partial charge in [0, 0.05) is 13.7 Å². The summed E-state index contributed by atoms with van der Waals surface area (Å²) in [6.45, 7) is 6.29. The van der Waals surface area contributed by atoms with Crippen LogP contribution in [0, 0.1) is 0 Å². The second-order valence-corrected chi connectivity index (χ2v) is 3.54. The molecule has 1 unspecified atom stereocenters. The molecule has 1 saturated heterocycles. The highest BCUT2D eigenvalue weighted by Crippen LogP contribution is 2.12. The van der Waals surface area contributed by atoms with Crippen LogP contribution < -0.4 is 5.32 Å². The van der Waals surface area contributed by atoms with Gasteiger partial charge in [-0.15, -0.1) is 0 Å².